The van der Waals surface area contributed by atoms with E-state index in [2.05, 4.69) is 15.0 Å². The fourth-order valence-electron chi connectivity index (χ4n) is 2.67. The zero-order valence-corrected chi connectivity index (χ0v) is 21.8. The Morgan fingerprint density at radius 3 is 2.43 bits per heavy atom. The molecule has 10 nitrogen and oxygen atoms in total. The first kappa shape index (κ1) is 28.0. The molecule has 0 bridgehead atoms. The van der Waals surface area contributed by atoms with Gasteiger partial charge in [-0.1, -0.05) is 47.4 Å². The number of nitrogens with one attached hydrogen (secondary N) is 1. The average Bonchev–Trinajstić information content (AvgIpc) is 3.30. The van der Waals surface area contributed by atoms with E-state index < -0.39 is 11.9 Å². The largest absolute Gasteiger partial charge is 0.497 e. The number of nitrogens with zero attached hydrogens (tertiary/aromatic N) is 2. The van der Waals surface area contributed by atoms with E-state index in [0.717, 1.165) is 29.6 Å². The predicted molar refractivity (Wildman–Crippen MR) is 138 cm³/mol. The third-order valence-electron chi connectivity index (χ3n) is 4.26. The Balaban J connectivity index is 0.00000100. The third kappa shape index (κ3) is 8.16. The van der Waals surface area contributed by atoms with Gasteiger partial charge in [-0.05, 0) is 30.7 Å². The monoisotopic (exact) mass is 537 g/mol. The van der Waals surface area contributed by atoms with Crippen LogP contribution in [0.1, 0.15) is 34.3 Å². The second-order valence-electron chi connectivity index (χ2n) is 6.85. The summed E-state index contributed by atoms with van der Waals surface area (Å²) >= 11 is 7.54. The van der Waals surface area contributed by atoms with Crippen LogP contribution in [-0.4, -0.2) is 63.8 Å². The van der Waals surface area contributed by atoms with E-state index in [4.69, 9.17) is 26.9 Å². The molecule has 2 N–H and O–H groups in total. The number of aliphatic carboxylic acids is 1. The molecule has 0 unspecified atom stereocenters. The fourth-order valence-corrected chi connectivity index (χ4v) is 4.88. The lowest BCUT2D eigenvalue weighted by Crippen LogP contribution is -2.31. The molecule has 0 atom stereocenters. The number of thioether (sulfide) groups is 1. The molecule has 3 rings (SSSR count). The van der Waals surface area contributed by atoms with Crippen LogP contribution in [0.2, 0.25) is 0 Å². The maximum absolute atomic E-state index is 12.7. The van der Waals surface area contributed by atoms with Gasteiger partial charge in [0, 0.05) is 19.9 Å². The number of carboxylic acid groups (broad SMARTS) is 1. The summed E-state index contributed by atoms with van der Waals surface area (Å²) < 4.78 is 10.2. The van der Waals surface area contributed by atoms with Crippen molar-refractivity contribution in [2.45, 2.75) is 20.3 Å². The van der Waals surface area contributed by atoms with Crippen molar-refractivity contribution in [3.8, 4) is 5.75 Å². The predicted octanol–water partition coefficient (Wildman–Crippen LogP) is 3.57. The minimum Gasteiger partial charge on any atom is -0.497 e. The van der Waals surface area contributed by atoms with E-state index in [-0.39, 0.29) is 24.8 Å². The van der Waals surface area contributed by atoms with Crippen molar-refractivity contribution in [2.24, 2.45) is 0 Å². The number of rotatable bonds is 7. The van der Waals surface area contributed by atoms with Gasteiger partial charge in [-0.15, -0.1) is 0 Å². The van der Waals surface area contributed by atoms with Crippen molar-refractivity contribution in [3.05, 3.63) is 45.3 Å². The first-order chi connectivity index (χ1) is 16.5. The lowest BCUT2D eigenvalue weighted by Gasteiger charge is -2.13. The number of hydrogen-bond acceptors (Lipinski definition) is 10. The minimum absolute atomic E-state index is 0.0362. The topological polar surface area (TPSA) is 135 Å². The molecule has 2 aromatic rings. The van der Waals surface area contributed by atoms with Crippen LogP contribution >= 0.6 is 35.3 Å². The second-order valence-corrected chi connectivity index (χ2v) is 9.52. The third-order valence-corrected chi connectivity index (χ3v) is 6.69. The molecule has 13 heteroatoms. The molecule has 0 spiro atoms. The lowest BCUT2D eigenvalue weighted by atomic mass is 10.2. The number of esters is 1. The molecule has 1 aromatic heterocycles. The average molecular weight is 538 g/mol. The van der Waals surface area contributed by atoms with Gasteiger partial charge in [0.15, 0.2) is 5.13 Å². The Labute approximate surface area is 215 Å². The van der Waals surface area contributed by atoms with Crippen molar-refractivity contribution in [2.75, 3.05) is 26.1 Å². The van der Waals surface area contributed by atoms with E-state index in [9.17, 15) is 14.4 Å². The molecule has 1 aromatic carbocycles. The second kappa shape index (κ2) is 13.0. The molecule has 1 fully saturated rings. The first-order valence-electron chi connectivity index (χ1n) is 10.00. The van der Waals surface area contributed by atoms with Gasteiger partial charge < -0.3 is 19.9 Å². The summed E-state index contributed by atoms with van der Waals surface area (Å²) in [5, 5.41) is 10.4. The molecule has 186 valence electrons. The number of aromatic nitrogens is 1. The molecule has 1 saturated heterocycles. The fraction of sp³-hybridized carbons (Fsp3) is 0.273. The molecule has 0 radical (unpaired) electrons. The Morgan fingerprint density at radius 1 is 1.23 bits per heavy atom. The van der Waals surface area contributed by atoms with Gasteiger partial charge in [0.25, 0.3) is 11.9 Å². The number of carbonyl (C=O) groups is 4. The van der Waals surface area contributed by atoms with E-state index in [1.54, 1.807) is 20.1 Å². The smallest absolute Gasteiger partial charge is 0.350 e. The molecular weight excluding hydrogens is 514 g/mol. The number of hydrogen-bond donors (Lipinski definition) is 2. The zero-order valence-electron chi connectivity index (χ0n) is 19.3. The highest BCUT2D eigenvalue weighted by Crippen LogP contribution is 2.33. The van der Waals surface area contributed by atoms with Gasteiger partial charge in [-0.25, -0.2) is 9.78 Å². The highest BCUT2D eigenvalue weighted by Gasteiger charge is 2.32. The Morgan fingerprint density at radius 2 is 1.86 bits per heavy atom. The van der Waals surface area contributed by atoms with Crippen LogP contribution < -0.4 is 10.1 Å². The molecular formula is C22H23N3O7S3. The number of anilines is 1. The van der Waals surface area contributed by atoms with E-state index in [0.29, 0.717) is 24.9 Å². The van der Waals surface area contributed by atoms with Gasteiger partial charge in [-0.3, -0.25) is 19.3 Å². The van der Waals surface area contributed by atoms with Crippen LogP contribution in [-0.2, 0) is 19.1 Å². The van der Waals surface area contributed by atoms with E-state index in [1.807, 2.05) is 24.3 Å². The SMILES string of the molecule is CC(=O)O.COC(=O)c1sc(NC(=O)CCN2C(=O)/C(=C/c3ccc(OC)cc3)SC2=S)nc1C. The zero-order chi connectivity index (χ0) is 26.1. The van der Waals surface area contributed by atoms with Crippen molar-refractivity contribution < 1.29 is 33.8 Å². The van der Waals surface area contributed by atoms with Gasteiger partial charge in [0.2, 0.25) is 5.91 Å². The lowest BCUT2D eigenvalue weighted by molar-refractivity contribution is -0.134. The molecule has 0 aliphatic carbocycles. The summed E-state index contributed by atoms with van der Waals surface area (Å²) in [7, 11) is 2.87. The van der Waals surface area contributed by atoms with Crippen molar-refractivity contribution >= 4 is 74.6 Å². The molecule has 1 aliphatic heterocycles. The number of ether oxygens (including phenoxy) is 2. The van der Waals surface area contributed by atoms with Crippen LogP contribution in [0.25, 0.3) is 6.08 Å². The quantitative estimate of drug-likeness (QED) is 0.307. The normalized spacial score (nSPS) is 13.8. The number of thiazole rings is 1. The number of carbonyl (C=O) groups excluding carboxylic acids is 3. The first-order valence-corrected chi connectivity index (χ1v) is 12.0. The summed E-state index contributed by atoms with van der Waals surface area (Å²) in [5.41, 5.74) is 1.33. The van der Waals surface area contributed by atoms with E-state index in [1.165, 1.54) is 23.8 Å². The Kier molecular flexibility index (Phi) is 10.4. The minimum atomic E-state index is -0.833. The number of aryl methyl sites for hydroxylation is 1. The van der Waals surface area contributed by atoms with Crippen molar-refractivity contribution in [3.63, 3.8) is 0 Å². The van der Waals surface area contributed by atoms with Crippen LogP contribution in [0, 0.1) is 6.92 Å². The number of amides is 2. The maximum atomic E-state index is 12.7. The summed E-state index contributed by atoms with van der Waals surface area (Å²) in [6.07, 6.45) is 1.79. The number of carboxylic acids is 1. The van der Waals surface area contributed by atoms with Gasteiger partial charge in [0.1, 0.15) is 14.9 Å². The van der Waals surface area contributed by atoms with Gasteiger partial charge in [-0.2, -0.15) is 0 Å². The number of thiocarbonyl (C=S) groups is 1. The molecule has 2 heterocycles. The summed E-state index contributed by atoms with van der Waals surface area (Å²) in [6.45, 7) is 2.89. The van der Waals surface area contributed by atoms with Crippen LogP contribution in [0.5, 0.6) is 5.75 Å². The summed E-state index contributed by atoms with van der Waals surface area (Å²) in [6, 6.07) is 7.31. The van der Waals surface area contributed by atoms with E-state index >= 15 is 0 Å². The standard InChI is InChI=1S/C20H19N3O5S3.C2H4O2/c1-11-16(18(26)28-3)31-19(21-11)22-15(24)8-9-23-17(25)14(30-20(23)29)10-12-4-6-13(27-2)7-5-12;1-2(3)4/h4-7,10H,8-9H2,1-3H3,(H,21,22,24);1H3,(H,3,4)/b14-10-;. The molecule has 1 aliphatic rings. The van der Waals surface area contributed by atoms with Gasteiger partial charge >= 0.3 is 5.97 Å². The molecule has 2 amide bonds. The van der Waals surface area contributed by atoms with Gasteiger partial charge in [0.05, 0.1) is 24.8 Å². The van der Waals surface area contributed by atoms with Crippen molar-refractivity contribution in [1.29, 1.82) is 0 Å². The Hall–Kier alpha value is -3.29. The molecule has 0 saturated carbocycles. The summed E-state index contributed by atoms with van der Waals surface area (Å²) in [5.74, 6) is -1.18. The Bertz CT molecular complexity index is 1160. The van der Waals surface area contributed by atoms with Crippen LogP contribution in [0.4, 0.5) is 5.13 Å². The molecule has 35 heavy (non-hydrogen) atoms. The number of methoxy groups -OCH3 is 2. The highest BCUT2D eigenvalue weighted by atomic mass is 32.2. The van der Waals surface area contributed by atoms with Crippen LogP contribution in [0.3, 0.4) is 0 Å². The maximum Gasteiger partial charge on any atom is 0.350 e. The number of benzene rings is 1. The summed E-state index contributed by atoms with van der Waals surface area (Å²) in [4.78, 5) is 52.1. The highest BCUT2D eigenvalue weighted by molar-refractivity contribution is 8.26. The van der Waals surface area contributed by atoms with Crippen LogP contribution in [0.15, 0.2) is 29.2 Å². The van der Waals surface area contributed by atoms with Crippen molar-refractivity contribution in [1.82, 2.24) is 9.88 Å².